The maximum absolute atomic E-state index is 14.4. The van der Waals surface area contributed by atoms with E-state index in [1.165, 1.54) is 29.6 Å². The second kappa shape index (κ2) is 14.3. The Labute approximate surface area is 285 Å². The van der Waals surface area contributed by atoms with Gasteiger partial charge in [0.25, 0.3) is 22.0 Å². The van der Waals surface area contributed by atoms with Gasteiger partial charge in [-0.2, -0.15) is 13.1 Å². The Morgan fingerprint density at radius 1 is 1.16 bits per heavy atom. The van der Waals surface area contributed by atoms with Crippen LogP contribution < -0.4 is 19.1 Å². The first-order valence-electron chi connectivity index (χ1n) is 17.1. The maximum Gasteiger partial charge on any atom is 0.277 e. The van der Waals surface area contributed by atoms with Gasteiger partial charge in [-0.15, -0.1) is 0 Å². The lowest BCUT2D eigenvalue weighted by atomic mass is 9.72. The van der Waals surface area contributed by atoms with Gasteiger partial charge in [0.15, 0.2) is 11.6 Å². The molecule has 16 heteroatoms. The summed E-state index contributed by atoms with van der Waals surface area (Å²) in [4.78, 5) is 28.2. The number of alkyl halides is 2. The summed E-state index contributed by atoms with van der Waals surface area (Å²) in [6.45, 7) is 10.1. The summed E-state index contributed by atoms with van der Waals surface area (Å²) in [7, 11) is -3.51. The van der Waals surface area contributed by atoms with Gasteiger partial charge in [0, 0.05) is 62.6 Å². The summed E-state index contributed by atoms with van der Waals surface area (Å²) in [6.07, 6.45) is 5.70. The van der Waals surface area contributed by atoms with Gasteiger partial charge in [-0.3, -0.25) is 4.79 Å². The molecule has 4 aliphatic rings. The summed E-state index contributed by atoms with van der Waals surface area (Å²) in [5.74, 6) is -3.01. The van der Waals surface area contributed by atoms with E-state index in [4.69, 9.17) is 9.47 Å². The average molecular weight is 710 g/mol. The van der Waals surface area contributed by atoms with Gasteiger partial charge < -0.3 is 24.2 Å². The molecule has 1 saturated carbocycles. The number of benzene rings is 1. The Morgan fingerprint density at radius 3 is 2.53 bits per heavy atom. The number of likely N-dealkylation sites (tertiary alicyclic amines) is 1. The molecule has 3 aliphatic heterocycles. The van der Waals surface area contributed by atoms with Crippen molar-refractivity contribution in [3.63, 3.8) is 0 Å². The molecule has 1 amide bonds. The molecule has 0 bridgehead atoms. The van der Waals surface area contributed by atoms with Crippen molar-refractivity contribution in [2.45, 2.75) is 89.4 Å². The first-order valence-corrected chi connectivity index (χ1v) is 18.6. The number of nitrogens with one attached hydrogen (secondary N) is 2. The van der Waals surface area contributed by atoms with E-state index < -0.39 is 46.7 Å². The fraction of sp³-hybridized carbons (Fsp3) is 0.667. The third kappa shape index (κ3) is 8.30. The number of anilines is 1. The highest BCUT2D eigenvalue weighted by molar-refractivity contribution is 7.87. The molecule has 270 valence electrons. The lowest BCUT2D eigenvalue weighted by Crippen LogP contribution is -2.61. The van der Waals surface area contributed by atoms with Gasteiger partial charge in [0.05, 0.1) is 24.5 Å². The van der Waals surface area contributed by atoms with Crippen LogP contribution >= 0.6 is 0 Å². The number of hydrogen-bond acceptors (Lipinski definition) is 9. The van der Waals surface area contributed by atoms with E-state index in [1.807, 2.05) is 0 Å². The van der Waals surface area contributed by atoms with Crippen LogP contribution in [0.15, 0.2) is 30.7 Å². The minimum absolute atomic E-state index is 0.0431. The minimum Gasteiger partial charge on any atom is -0.451 e. The number of rotatable bonds is 12. The number of ether oxygens (including phenoxy) is 2. The Morgan fingerprint density at radius 2 is 1.90 bits per heavy atom. The molecule has 2 N–H and O–H groups in total. The molecule has 2 aromatic rings. The third-order valence-corrected chi connectivity index (χ3v) is 11.4. The van der Waals surface area contributed by atoms with Crippen molar-refractivity contribution >= 4 is 21.9 Å². The van der Waals surface area contributed by atoms with Gasteiger partial charge in [0.2, 0.25) is 0 Å². The Kier molecular flexibility index (Phi) is 10.4. The predicted octanol–water partition coefficient (Wildman–Crippen LogP) is 3.95. The fourth-order valence-corrected chi connectivity index (χ4v) is 8.59. The highest BCUT2D eigenvalue weighted by atomic mass is 32.2. The largest absolute Gasteiger partial charge is 0.451 e. The summed E-state index contributed by atoms with van der Waals surface area (Å²) >= 11 is 0. The summed E-state index contributed by atoms with van der Waals surface area (Å²) in [6, 6.07) is 2.42. The fourth-order valence-electron chi connectivity index (χ4n) is 7.51. The lowest BCUT2D eigenvalue weighted by Gasteiger charge is -2.54. The van der Waals surface area contributed by atoms with Gasteiger partial charge in [0.1, 0.15) is 17.9 Å². The van der Waals surface area contributed by atoms with Gasteiger partial charge in [-0.05, 0) is 70.8 Å². The number of carbonyl (C=O) groups excluding carboxylic acids is 1. The van der Waals surface area contributed by atoms with Crippen molar-refractivity contribution < 1.29 is 35.9 Å². The number of amides is 1. The van der Waals surface area contributed by atoms with Crippen LogP contribution in [0.25, 0.3) is 0 Å². The normalized spacial score (nSPS) is 24.0. The van der Waals surface area contributed by atoms with E-state index in [1.54, 1.807) is 20.8 Å². The molecular weight excluding hydrogens is 663 g/mol. The van der Waals surface area contributed by atoms with Crippen molar-refractivity contribution in [1.29, 1.82) is 0 Å². The predicted molar refractivity (Wildman–Crippen MR) is 177 cm³/mol. The zero-order valence-electron chi connectivity index (χ0n) is 28.2. The van der Waals surface area contributed by atoms with Gasteiger partial charge in [-0.25, -0.2) is 27.9 Å². The minimum atomic E-state index is -3.51. The van der Waals surface area contributed by atoms with Crippen LogP contribution in [0.3, 0.4) is 0 Å². The quantitative estimate of drug-likeness (QED) is 0.337. The Hall–Kier alpha value is -3.05. The maximum atomic E-state index is 14.4. The molecule has 1 spiro atoms. The summed E-state index contributed by atoms with van der Waals surface area (Å²) < 4.78 is 83.2. The first-order chi connectivity index (χ1) is 23.3. The third-order valence-electron chi connectivity index (χ3n) is 10.1. The molecule has 49 heavy (non-hydrogen) atoms. The molecule has 0 unspecified atom stereocenters. The van der Waals surface area contributed by atoms with Crippen LogP contribution in [-0.4, -0.2) is 110 Å². The number of nitrogens with zero attached hydrogens (tertiary/aromatic N) is 5. The number of aromatic nitrogens is 2. The molecule has 0 radical (unpaired) electrons. The SMILES string of the molecule is CCNS(=O)(=O)N[C@@H]1CC[C@@H](CN2CCC3(CC2)CN(c2ncncc2Oc2ccc(F)cc2C(=O)N(C(C)C)C2CC(F)(F)C2)C3)OC1. The highest BCUT2D eigenvalue weighted by Gasteiger charge is 2.50. The molecule has 1 aromatic carbocycles. The average Bonchev–Trinajstić information content (AvgIpc) is 3.01. The smallest absolute Gasteiger partial charge is 0.277 e. The Balaban J connectivity index is 1.04. The van der Waals surface area contributed by atoms with Crippen molar-refractivity contribution in [2.24, 2.45) is 5.41 Å². The van der Waals surface area contributed by atoms with Crippen LogP contribution in [0.2, 0.25) is 0 Å². The molecule has 2 atom stereocenters. The molecule has 12 nitrogen and oxygen atoms in total. The number of piperidine rings is 1. The van der Waals surface area contributed by atoms with Crippen molar-refractivity contribution in [3.8, 4) is 11.5 Å². The van der Waals surface area contributed by atoms with E-state index in [0.29, 0.717) is 24.7 Å². The molecule has 6 rings (SSSR count). The number of halogens is 3. The van der Waals surface area contributed by atoms with Gasteiger partial charge >= 0.3 is 0 Å². The lowest BCUT2D eigenvalue weighted by molar-refractivity contribution is -0.120. The summed E-state index contributed by atoms with van der Waals surface area (Å²) in [5, 5.41) is 0. The number of hydrogen-bond donors (Lipinski definition) is 2. The van der Waals surface area contributed by atoms with Crippen molar-refractivity contribution in [3.05, 3.63) is 42.1 Å². The molecular formula is C33H46F3N7O5S. The van der Waals surface area contributed by atoms with E-state index in [2.05, 4.69) is 29.2 Å². The van der Waals surface area contributed by atoms with Crippen LogP contribution in [0.5, 0.6) is 11.5 Å². The first kappa shape index (κ1) is 35.8. The van der Waals surface area contributed by atoms with E-state index in [0.717, 1.165) is 64.5 Å². The monoisotopic (exact) mass is 709 g/mol. The van der Waals surface area contributed by atoms with E-state index in [9.17, 15) is 26.4 Å². The van der Waals surface area contributed by atoms with Crippen molar-refractivity contribution in [1.82, 2.24) is 29.2 Å². The van der Waals surface area contributed by atoms with Crippen LogP contribution in [0.1, 0.15) is 69.7 Å². The molecule has 4 heterocycles. The van der Waals surface area contributed by atoms with Crippen LogP contribution in [-0.2, 0) is 14.9 Å². The highest BCUT2D eigenvalue weighted by Crippen LogP contribution is 2.46. The topological polar surface area (TPSA) is 129 Å². The second-order valence-corrected chi connectivity index (χ2v) is 15.7. The second-order valence-electron chi connectivity index (χ2n) is 14.2. The molecule has 1 aromatic heterocycles. The zero-order chi connectivity index (χ0) is 35.0. The van der Waals surface area contributed by atoms with Crippen LogP contribution in [0, 0.1) is 11.2 Å². The van der Waals surface area contributed by atoms with Gasteiger partial charge in [-0.1, -0.05) is 6.92 Å². The standard InChI is InChI=1S/C33H46F3N7O5S/c1-4-39-49(45,46)40-24-6-7-26(47-18-24)17-41-11-9-32(10-12-41)19-42(20-32)30-29(16-37-21-38-30)48-28-8-5-23(34)13-27(28)31(44)43(22(2)3)25-14-33(35,36)15-25/h5,8,13,16,21-22,24-26,39-40H,4,6-7,9-12,14-15,17-20H2,1-3H3/t24-,26+/m1/s1. The van der Waals surface area contributed by atoms with Crippen molar-refractivity contribution in [2.75, 3.05) is 50.8 Å². The zero-order valence-corrected chi connectivity index (χ0v) is 29.0. The van der Waals surface area contributed by atoms with Crippen LogP contribution in [0.4, 0.5) is 19.0 Å². The van der Waals surface area contributed by atoms with E-state index >= 15 is 0 Å². The molecule has 4 fully saturated rings. The van der Waals surface area contributed by atoms with E-state index in [-0.39, 0.29) is 34.9 Å². The number of carbonyl (C=O) groups is 1. The Bertz CT molecular complexity index is 1580. The summed E-state index contributed by atoms with van der Waals surface area (Å²) in [5.41, 5.74) is 0.0833. The molecule has 1 aliphatic carbocycles. The molecule has 3 saturated heterocycles.